The molecule has 0 amide bonds. The molecule has 0 aromatic rings. The van der Waals surface area contributed by atoms with Crippen molar-refractivity contribution < 1.29 is 14.3 Å². The number of ether oxygens (including phenoxy) is 1. The van der Waals surface area contributed by atoms with Crippen molar-refractivity contribution in [3.63, 3.8) is 0 Å². The summed E-state index contributed by atoms with van der Waals surface area (Å²) in [4.78, 5) is 23.6. The summed E-state index contributed by atoms with van der Waals surface area (Å²) >= 11 is 1.57. The van der Waals surface area contributed by atoms with Crippen molar-refractivity contribution in [2.45, 2.75) is 52.2 Å². The second-order valence-electron chi connectivity index (χ2n) is 4.96. The van der Waals surface area contributed by atoms with Gasteiger partial charge in [-0.25, -0.2) is 0 Å². The topological polar surface area (TPSA) is 43.4 Å². The first kappa shape index (κ1) is 16.5. The van der Waals surface area contributed by atoms with Crippen LogP contribution in [-0.2, 0) is 14.3 Å². The van der Waals surface area contributed by atoms with Gasteiger partial charge in [0.25, 0.3) is 0 Å². The zero-order valence-electron chi connectivity index (χ0n) is 11.5. The van der Waals surface area contributed by atoms with E-state index < -0.39 is 5.92 Å². The van der Waals surface area contributed by atoms with E-state index in [0.29, 0.717) is 18.8 Å². The molecule has 0 radical (unpaired) electrons. The summed E-state index contributed by atoms with van der Waals surface area (Å²) in [6.45, 7) is 10.2. The van der Waals surface area contributed by atoms with Crippen LogP contribution in [-0.4, -0.2) is 28.9 Å². The van der Waals surface area contributed by atoms with Gasteiger partial charge in [0, 0.05) is 4.75 Å². The quantitative estimate of drug-likeness (QED) is 0.521. The van der Waals surface area contributed by atoms with Crippen LogP contribution in [0, 0.1) is 5.92 Å². The van der Waals surface area contributed by atoms with Crippen LogP contribution < -0.4 is 0 Å². The Kier molecular flexibility index (Phi) is 7.51. The fraction of sp³-hybridized carbons (Fsp3) is 0.846. The molecule has 0 aromatic heterocycles. The average molecular weight is 260 g/mol. The maximum Gasteiger partial charge on any atom is 0.316 e. The first-order valence-electron chi connectivity index (χ1n) is 6.15. The van der Waals surface area contributed by atoms with E-state index in [0.717, 1.165) is 6.42 Å². The Labute approximate surface area is 109 Å². The van der Waals surface area contributed by atoms with E-state index in [1.165, 1.54) is 0 Å². The van der Waals surface area contributed by atoms with Crippen LogP contribution in [0.25, 0.3) is 0 Å². The first-order chi connectivity index (χ1) is 7.81. The number of Topliss-reactive ketones (excluding diaryl/α,β-unsaturated/α-hetero) is 1. The highest BCUT2D eigenvalue weighted by Crippen LogP contribution is 2.25. The van der Waals surface area contributed by atoms with Crippen LogP contribution >= 0.6 is 11.8 Å². The van der Waals surface area contributed by atoms with Gasteiger partial charge in [0.2, 0.25) is 0 Å². The van der Waals surface area contributed by atoms with Crippen molar-refractivity contribution in [3.05, 3.63) is 0 Å². The minimum Gasteiger partial charge on any atom is -0.465 e. The normalized spacial score (nSPS) is 13.2. The van der Waals surface area contributed by atoms with Crippen LogP contribution in [0.15, 0.2) is 0 Å². The monoisotopic (exact) mass is 260 g/mol. The molecular formula is C13H24O3S. The summed E-state index contributed by atoms with van der Waals surface area (Å²) in [6.07, 6.45) is 1.40. The number of ketones is 1. The molecule has 0 bridgehead atoms. The third-order valence-electron chi connectivity index (χ3n) is 2.18. The second-order valence-corrected chi connectivity index (χ2v) is 6.76. The molecule has 0 rings (SSSR count). The Balaban J connectivity index is 4.39. The Morgan fingerprint density at radius 2 is 1.82 bits per heavy atom. The van der Waals surface area contributed by atoms with E-state index in [2.05, 4.69) is 20.8 Å². The lowest BCUT2D eigenvalue weighted by atomic mass is 10.00. The van der Waals surface area contributed by atoms with Gasteiger partial charge in [-0.3, -0.25) is 9.59 Å². The number of thioether (sulfide) groups is 1. The molecule has 0 N–H and O–H groups in total. The van der Waals surface area contributed by atoms with Crippen molar-refractivity contribution in [2.24, 2.45) is 5.92 Å². The van der Waals surface area contributed by atoms with Crippen molar-refractivity contribution in [1.82, 2.24) is 0 Å². The lowest BCUT2D eigenvalue weighted by Crippen LogP contribution is -2.28. The fourth-order valence-corrected chi connectivity index (χ4v) is 2.11. The number of hydrogen-bond acceptors (Lipinski definition) is 4. The molecule has 0 aliphatic rings. The molecule has 0 aliphatic heterocycles. The van der Waals surface area contributed by atoms with E-state index >= 15 is 0 Å². The third-order valence-corrected chi connectivity index (χ3v) is 3.48. The zero-order valence-corrected chi connectivity index (χ0v) is 12.4. The van der Waals surface area contributed by atoms with Crippen LogP contribution in [0.3, 0.4) is 0 Å². The molecule has 0 aromatic carbocycles. The number of esters is 1. The number of rotatable bonds is 7. The van der Waals surface area contributed by atoms with Crippen LogP contribution in [0.5, 0.6) is 0 Å². The van der Waals surface area contributed by atoms with Crippen molar-refractivity contribution in [1.29, 1.82) is 0 Å². The predicted molar refractivity (Wildman–Crippen MR) is 72.2 cm³/mol. The fourth-order valence-electron chi connectivity index (χ4n) is 1.33. The SMILES string of the molecule is CCCC(C(=O)CSC(C)(C)C)C(=O)OCC. The van der Waals surface area contributed by atoms with E-state index in [1.54, 1.807) is 18.7 Å². The zero-order chi connectivity index (χ0) is 13.5. The van der Waals surface area contributed by atoms with Crippen LogP contribution in [0.1, 0.15) is 47.5 Å². The standard InChI is InChI=1S/C13H24O3S/c1-6-8-10(12(15)16-7-2)11(14)9-17-13(3,4)5/h10H,6-9H2,1-5H3. The minimum absolute atomic E-state index is 0.00905. The summed E-state index contributed by atoms with van der Waals surface area (Å²) < 4.78 is 4.98. The van der Waals surface area contributed by atoms with Crippen molar-refractivity contribution in [3.8, 4) is 0 Å². The van der Waals surface area contributed by atoms with Gasteiger partial charge in [-0.2, -0.15) is 0 Å². The third kappa shape index (κ3) is 7.42. The molecule has 0 aliphatic carbocycles. The summed E-state index contributed by atoms with van der Waals surface area (Å²) in [5.41, 5.74) is 0. The molecule has 0 saturated heterocycles. The maximum absolute atomic E-state index is 12.0. The molecule has 0 saturated carbocycles. The van der Waals surface area contributed by atoms with Gasteiger partial charge in [0.15, 0.2) is 5.78 Å². The Bertz CT molecular complexity index is 256. The number of hydrogen-bond donors (Lipinski definition) is 0. The van der Waals surface area contributed by atoms with E-state index in [9.17, 15) is 9.59 Å². The first-order valence-corrected chi connectivity index (χ1v) is 7.13. The summed E-state index contributed by atoms with van der Waals surface area (Å²) in [5.74, 6) is -0.568. The Morgan fingerprint density at radius 1 is 1.24 bits per heavy atom. The maximum atomic E-state index is 12.0. The number of carbonyl (C=O) groups excluding carboxylic acids is 2. The van der Waals surface area contributed by atoms with Gasteiger partial charge in [0.05, 0.1) is 12.4 Å². The predicted octanol–water partition coefficient (Wildman–Crippen LogP) is 3.07. The van der Waals surface area contributed by atoms with Crippen molar-refractivity contribution in [2.75, 3.05) is 12.4 Å². The van der Waals surface area contributed by atoms with Gasteiger partial charge in [0.1, 0.15) is 5.92 Å². The van der Waals surface area contributed by atoms with E-state index in [-0.39, 0.29) is 16.5 Å². The lowest BCUT2D eigenvalue weighted by molar-refractivity contribution is -0.151. The number of carbonyl (C=O) groups is 2. The highest BCUT2D eigenvalue weighted by molar-refractivity contribution is 8.01. The van der Waals surface area contributed by atoms with Crippen LogP contribution in [0.2, 0.25) is 0 Å². The van der Waals surface area contributed by atoms with Gasteiger partial charge in [-0.15, -0.1) is 11.8 Å². The molecule has 4 heteroatoms. The average Bonchev–Trinajstić information content (AvgIpc) is 2.21. The molecule has 1 unspecified atom stereocenters. The van der Waals surface area contributed by atoms with Gasteiger partial charge < -0.3 is 4.74 Å². The molecule has 0 spiro atoms. The highest BCUT2D eigenvalue weighted by Gasteiger charge is 2.27. The molecule has 0 fully saturated rings. The molecule has 100 valence electrons. The highest BCUT2D eigenvalue weighted by atomic mass is 32.2. The van der Waals surface area contributed by atoms with E-state index in [1.807, 2.05) is 6.92 Å². The largest absolute Gasteiger partial charge is 0.465 e. The molecule has 17 heavy (non-hydrogen) atoms. The summed E-state index contributed by atoms with van der Waals surface area (Å²) in [5, 5.41) is 0. The van der Waals surface area contributed by atoms with E-state index in [4.69, 9.17) is 4.74 Å². The Hall–Kier alpha value is -0.510. The molecular weight excluding hydrogens is 236 g/mol. The summed E-state index contributed by atoms with van der Waals surface area (Å²) in [7, 11) is 0. The van der Waals surface area contributed by atoms with Crippen LogP contribution in [0.4, 0.5) is 0 Å². The second kappa shape index (κ2) is 7.75. The van der Waals surface area contributed by atoms with Crippen molar-refractivity contribution >= 4 is 23.5 Å². The van der Waals surface area contributed by atoms with Gasteiger partial charge in [-0.1, -0.05) is 34.1 Å². The lowest BCUT2D eigenvalue weighted by Gasteiger charge is -2.19. The van der Waals surface area contributed by atoms with Gasteiger partial charge in [-0.05, 0) is 13.3 Å². The minimum atomic E-state index is -0.574. The summed E-state index contributed by atoms with van der Waals surface area (Å²) in [6, 6.07) is 0. The molecule has 1 atom stereocenters. The Morgan fingerprint density at radius 3 is 2.24 bits per heavy atom. The molecule has 0 heterocycles. The smallest absolute Gasteiger partial charge is 0.316 e. The molecule has 3 nitrogen and oxygen atoms in total. The van der Waals surface area contributed by atoms with Gasteiger partial charge >= 0.3 is 5.97 Å².